The molecule has 5 heteroatoms. The second kappa shape index (κ2) is 5.31. The van der Waals surface area contributed by atoms with E-state index in [4.69, 9.17) is 4.52 Å². The van der Waals surface area contributed by atoms with Gasteiger partial charge in [-0.2, -0.15) is 0 Å². The maximum Gasteiger partial charge on any atom is 0.230 e. The van der Waals surface area contributed by atoms with Crippen LogP contribution in [-0.2, 0) is 11.2 Å². The Labute approximate surface area is 100 Å². The van der Waals surface area contributed by atoms with Crippen molar-refractivity contribution in [2.75, 3.05) is 13.1 Å². The molecule has 1 fully saturated rings. The van der Waals surface area contributed by atoms with Crippen molar-refractivity contribution in [3.8, 4) is 0 Å². The van der Waals surface area contributed by atoms with Crippen LogP contribution in [0.1, 0.15) is 30.7 Å². The standard InChI is InChI=1S/C12H18N2O3/c1-9-7-11(17-13-9)8-12(16)14-5-2-3-10(15)4-6-14/h7,10,15H,2-6,8H2,1H3. The van der Waals surface area contributed by atoms with Gasteiger partial charge in [0.25, 0.3) is 0 Å². The zero-order valence-corrected chi connectivity index (χ0v) is 10.1. The first-order valence-corrected chi connectivity index (χ1v) is 6.03. The molecule has 1 saturated heterocycles. The van der Waals surface area contributed by atoms with Crippen molar-refractivity contribution < 1.29 is 14.4 Å². The van der Waals surface area contributed by atoms with Crippen LogP contribution in [0.25, 0.3) is 0 Å². The Morgan fingerprint density at radius 1 is 1.59 bits per heavy atom. The fourth-order valence-electron chi connectivity index (χ4n) is 2.09. The molecular weight excluding hydrogens is 220 g/mol. The molecule has 0 aromatic carbocycles. The van der Waals surface area contributed by atoms with Crippen molar-refractivity contribution in [3.05, 3.63) is 17.5 Å². The molecule has 2 heterocycles. The first-order valence-electron chi connectivity index (χ1n) is 6.03. The van der Waals surface area contributed by atoms with E-state index < -0.39 is 0 Å². The summed E-state index contributed by atoms with van der Waals surface area (Å²) in [5.41, 5.74) is 0.791. The quantitative estimate of drug-likeness (QED) is 0.831. The number of aryl methyl sites for hydroxylation is 1. The molecule has 0 radical (unpaired) electrons. The Balaban J connectivity index is 1.91. The summed E-state index contributed by atoms with van der Waals surface area (Å²) in [5, 5.41) is 13.3. The molecule has 0 spiro atoms. The van der Waals surface area contributed by atoms with Crippen LogP contribution < -0.4 is 0 Å². The number of aliphatic hydroxyl groups is 1. The number of aromatic nitrogens is 1. The highest BCUT2D eigenvalue weighted by atomic mass is 16.5. The molecule has 94 valence electrons. The van der Waals surface area contributed by atoms with Gasteiger partial charge in [0, 0.05) is 19.2 Å². The van der Waals surface area contributed by atoms with E-state index in [1.807, 2.05) is 6.92 Å². The highest BCUT2D eigenvalue weighted by Gasteiger charge is 2.20. The predicted molar refractivity (Wildman–Crippen MR) is 61.4 cm³/mol. The van der Waals surface area contributed by atoms with Crippen LogP contribution in [0.4, 0.5) is 0 Å². The summed E-state index contributed by atoms with van der Waals surface area (Å²) in [5.74, 6) is 0.660. The average Bonchev–Trinajstić information content (AvgIpc) is 2.56. The van der Waals surface area contributed by atoms with Gasteiger partial charge in [0.2, 0.25) is 5.91 Å². The van der Waals surface area contributed by atoms with E-state index in [1.165, 1.54) is 0 Å². The van der Waals surface area contributed by atoms with Crippen molar-refractivity contribution in [2.45, 2.75) is 38.7 Å². The van der Waals surface area contributed by atoms with Crippen molar-refractivity contribution in [2.24, 2.45) is 0 Å². The van der Waals surface area contributed by atoms with E-state index in [-0.39, 0.29) is 18.4 Å². The Bertz CT molecular complexity index is 389. The molecule has 2 rings (SSSR count). The molecule has 1 unspecified atom stereocenters. The van der Waals surface area contributed by atoms with Gasteiger partial charge >= 0.3 is 0 Å². The van der Waals surface area contributed by atoms with Crippen LogP contribution in [-0.4, -0.2) is 40.3 Å². The number of carbonyl (C=O) groups is 1. The largest absolute Gasteiger partial charge is 0.393 e. The van der Waals surface area contributed by atoms with Gasteiger partial charge in [-0.15, -0.1) is 0 Å². The molecule has 0 bridgehead atoms. The summed E-state index contributed by atoms with van der Waals surface area (Å²) in [6.07, 6.45) is 2.31. The Morgan fingerprint density at radius 3 is 3.12 bits per heavy atom. The third-order valence-electron chi connectivity index (χ3n) is 3.05. The number of aliphatic hydroxyl groups excluding tert-OH is 1. The van der Waals surface area contributed by atoms with Crippen LogP contribution in [0.2, 0.25) is 0 Å². The number of amides is 1. The molecular formula is C12H18N2O3. The number of likely N-dealkylation sites (tertiary alicyclic amines) is 1. The SMILES string of the molecule is Cc1cc(CC(=O)N2CCCC(O)CC2)on1. The lowest BCUT2D eigenvalue weighted by Gasteiger charge is -2.19. The van der Waals surface area contributed by atoms with Crippen LogP contribution in [0.5, 0.6) is 0 Å². The first-order chi connectivity index (χ1) is 8.15. The average molecular weight is 238 g/mol. The number of hydrogen-bond acceptors (Lipinski definition) is 4. The minimum absolute atomic E-state index is 0.0512. The minimum Gasteiger partial charge on any atom is -0.393 e. The molecule has 1 N–H and O–H groups in total. The maximum atomic E-state index is 12.0. The zero-order chi connectivity index (χ0) is 12.3. The second-order valence-corrected chi connectivity index (χ2v) is 4.58. The van der Waals surface area contributed by atoms with Crippen LogP contribution >= 0.6 is 0 Å². The molecule has 1 aliphatic heterocycles. The van der Waals surface area contributed by atoms with E-state index in [0.717, 1.165) is 25.1 Å². The van der Waals surface area contributed by atoms with Gasteiger partial charge in [-0.05, 0) is 26.2 Å². The minimum atomic E-state index is -0.264. The van der Waals surface area contributed by atoms with Gasteiger partial charge in [-0.1, -0.05) is 5.16 Å². The van der Waals surface area contributed by atoms with Gasteiger partial charge in [0.05, 0.1) is 18.2 Å². The third kappa shape index (κ3) is 3.30. The zero-order valence-electron chi connectivity index (χ0n) is 10.1. The van der Waals surface area contributed by atoms with Crippen molar-refractivity contribution in [1.82, 2.24) is 10.1 Å². The van der Waals surface area contributed by atoms with Gasteiger partial charge in [-0.25, -0.2) is 0 Å². The fourth-order valence-corrected chi connectivity index (χ4v) is 2.09. The molecule has 1 atom stereocenters. The van der Waals surface area contributed by atoms with Crippen LogP contribution in [0.3, 0.4) is 0 Å². The predicted octanol–water partition coefficient (Wildman–Crippen LogP) is 0.899. The molecule has 1 amide bonds. The molecule has 1 aliphatic rings. The Kier molecular flexibility index (Phi) is 3.78. The Hall–Kier alpha value is -1.36. The summed E-state index contributed by atoms with van der Waals surface area (Å²) in [7, 11) is 0. The summed E-state index contributed by atoms with van der Waals surface area (Å²) < 4.78 is 5.03. The van der Waals surface area contributed by atoms with Crippen molar-refractivity contribution in [3.63, 3.8) is 0 Å². The monoisotopic (exact) mass is 238 g/mol. The second-order valence-electron chi connectivity index (χ2n) is 4.58. The summed E-state index contributed by atoms with van der Waals surface area (Å²) in [4.78, 5) is 13.8. The lowest BCUT2D eigenvalue weighted by atomic mass is 10.2. The molecule has 17 heavy (non-hydrogen) atoms. The summed E-state index contributed by atoms with van der Waals surface area (Å²) in [6.45, 7) is 3.19. The molecule has 1 aromatic rings. The van der Waals surface area contributed by atoms with Crippen molar-refractivity contribution >= 4 is 5.91 Å². The Morgan fingerprint density at radius 2 is 2.41 bits per heavy atom. The lowest BCUT2D eigenvalue weighted by Crippen LogP contribution is -2.33. The maximum absolute atomic E-state index is 12.0. The smallest absolute Gasteiger partial charge is 0.230 e. The third-order valence-corrected chi connectivity index (χ3v) is 3.05. The van der Waals surface area contributed by atoms with E-state index in [2.05, 4.69) is 5.16 Å². The van der Waals surface area contributed by atoms with E-state index >= 15 is 0 Å². The van der Waals surface area contributed by atoms with Gasteiger partial charge in [-0.3, -0.25) is 4.79 Å². The van der Waals surface area contributed by atoms with E-state index in [9.17, 15) is 9.90 Å². The highest BCUT2D eigenvalue weighted by Crippen LogP contribution is 2.12. The molecule has 0 aliphatic carbocycles. The normalized spacial score (nSPS) is 21.3. The van der Waals surface area contributed by atoms with Crippen LogP contribution in [0.15, 0.2) is 10.6 Å². The number of carbonyl (C=O) groups excluding carboxylic acids is 1. The fraction of sp³-hybridized carbons (Fsp3) is 0.667. The van der Waals surface area contributed by atoms with E-state index in [0.29, 0.717) is 18.7 Å². The number of rotatable bonds is 2. The number of nitrogens with zero attached hydrogens (tertiary/aromatic N) is 2. The molecule has 0 saturated carbocycles. The molecule has 1 aromatic heterocycles. The summed E-state index contributed by atoms with van der Waals surface area (Å²) >= 11 is 0. The summed E-state index contributed by atoms with van der Waals surface area (Å²) in [6, 6.07) is 1.78. The topological polar surface area (TPSA) is 66.6 Å². The van der Waals surface area contributed by atoms with Crippen molar-refractivity contribution in [1.29, 1.82) is 0 Å². The molecule has 5 nitrogen and oxygen atoms in total. The first kappa shape index (κ1) is 12.1. The van der Waals surface area contributed by atoms with E-state index in [1.54, 1.807) is 11.0 Å². The van der Waals surface area contributed by atoms with Crippen LogP contribution in [0, 0.1) is 6.92 Å². The van der Waals surface area contributed by atoms with Gasteiger partial charge < -0.3 is 14.5 Å². The number of hydrogen-bond donors (Lipinski definition) is 1. The highest BCUT2D eigenvalue weighted by molar-refractivity contribution is 5.78. The lowest BCUT2D eigenvalue weighted by molar-refractivity contribution is -0.130. The van der Waals surface area contributed by atoms with Gasteiger partial charge in [0.1, 0.15) is 5.76 Å². The van der Waals surface area contributed by atoms with Gasteiger partial charge in [0.15, 0.2) is 0 Å².